The largest absolute Gasteiger partial charge is 0.481 e. The molecule has 0 aromatic rings. The molecule has 0 aromatic carbocycles. The number of hydrogen-bond donors (Lipinski definition) is 7. The lowest BCUT2D eigenvalue weighted by Gasteiger charge is -2.14. The SMILES string of the molecule is O=[C]CC[C@H](NC(=O)COCCOCCNC(=O)COCCOCCNC(=O)CC[C@H](NC(=O)CCCCCCCCCCCCC(=O)O)C(=O)O)C(=O)O. The predicted molar refractivity (Wildman–Crippen MR) is 196 cm³/mol. The number of ether oxygens (including phenoxy) is 4. The first-order chi connectivity index (χ1) is 26.5. The molecule has 0 saturated heterocycles. The summed E-state index contributed by atoms with van der Waals surface area (Å²) in [6.07, 6.45) is 11.2. The third-order valence-electron chi connectivity index (χ3n) is 7.85. The quantitative estimate of drug-likeness (QED) is 0.0425. The molecule has 0 unspecified atom stereocenters. The number of carboxylic acid groups (broad SMARTS) is 3. The molecule has 0 aromatic heterocycles. The number of amides is 4. The Balaban J connectivity index is 3.74. The van der Waals surface area contributed by atoms with Gasteiger partial charge in [0.2, 0.25) is 23.6 Å². The van der Waals surface area contributed by atoms with Gasteiger partial charge in [-0.15, -0.1) is 0 Å². The highest BCUT2D eigenvalue weighted by Crippen LogP contribution is 2.12. The molecule has 55 heavy (non-hydrogen) atoms. The van der Waals surface area contributed by atoms with Gasteiger partial charge in [0, 0.05) is 38.8 Å². The van der Waals surface area contributed by atoms with Crippen molar-refractivity contribution in [1.29, 1.82) is 0 Å². The van der Waals surface area contributed by atoms with E-state index in [1.165, 1.54) is 0 Å². The number of nitrogens with one attached hydrogen (secondary N) is 4. The number of unbranched alkanes of at least 4 members (excludes halogenated alkanes) is 9. The third kappa shape index (κ3) is 34.1. The van der Waals surface area contributed by atoms with Crippen LogP contribution >= 0.6 is 0 Å². The van der Waals surface area contributed by atoms with Crippen LogP contribution in [0.25, 0.3) is 0 Å². The van der Waals surface area contributed by atoms with Crippen LogP contribution in [0.15, 0.2) is 0 Å². The second-order valence-corrected chi connectivity index (χ2v) is 12.6. The molecule has 0 spiro atoms. The van der Waals surface area contributed by atoms with Crippen LogP contribution in [-0.2, 0) is 57.3 Å². The van der Waals surface area contributed by atoms with Crippen LogP contribution in [0.3, 0.4) is 0 Å². The second kappa shape index (κ2) is 35.5. The van der Waals surface area contributed by atoms with Crippen molar-refractivity contribution in [2.45, 2.75) is 115 Å². The van der Waals surface area contributed by atoms with Crippen molar-refractivity contribution >= 4 is 47.8 Å². The van der Waals surface area contributed by atoms with E-state index in [2.05, 4.69) is 21.3 Å². The molecule has 0 fully saturated rings. The minimum Gasteiger partial charge on any atom is -0.481 e. The molecule has 2 atom stereocenters. The minimum absolute atomic E-state index is 0.0522. The molecular formula is C36H61N4O15. The summed E-state index contributed by atoms with van der Waals surface area (Å²) in [6, 6.07) is -2.37. The Kier molecular flexibility index (Phi) is 32.8. The number of hydrogen-bond acceptors (Lipinski definition) is 12. The van der Waals surface area contributed by atoms with E-state index in [4.69, 9.17) is 29.2 Å². The molecule has 19 heteroatoms. The summed E-state index contributed by atoms with van der Waals surface area (Å²) in [5.41, 5.74) is 0. The number of carbonyl (C=O) groups is 7. The summed E-state index contributed by atoms with van der Waals surface area (Å²) in [5.74, 6) is -4.98. The Morgan fingerprint density at radius 1 is 0.473 bits per heavy atom. The molecule has 7 N–H and O–H groups in total. The molecule has 0 heterocycles. The smallest absolute Gasteiger partial charge is 0.326 e. The topological polar surface area (TPSA) is 282 Å². The second-order valence-electron chi connectivity index (χ2n) is 12.6. The van der Waals surface area contributed by atoms with E-state index in [-0.39, 0.29) is 122 Å². The summed E-state index contributed by atoms with van der Waals surface area (Å²) in [7, 11) is 0. The van der Waals surface area contributed by atoms with Crippen LogP contribution in [0.2, 0.25) is 0 Å². The van der Waals surface area contributed by atoms with Crippen molar-refractivity contribution in [2.24, 2.45) is 0 Å². The molecule has 19 nitrogen and oxygen atoms in total. The number of aliphatic carboxylic acids is 3. The van der Waals surface area contributed by atoms with E-state index in [0.717, 1.165) is 57.8 Å². The predicted octanol–water partition coefficient (Wildman–Crippen LogP) is 0.860. The van der Waals surface area contributed by atoms with Gasteiger partial charge in [-0.2, -0.15) is 0 Å². The fourth-order valence-electron chi connectivity index (χ4n) is 4.91. The van der Waals surface area contributed by atoms with Gasteiger partial charge >= 0.3 is 17.9 Å². The van der Waals surface area contributed by atoms with Gasteiger partial charge in [0.1, 0.15) is 25.3 Å². The van der Waals surface area contributed by atoms with E-state index >= 15 is 0 Å². The van der Waals surface area contributed by atoms with Gasteiger partial charge in [-0.3, -0.25) is 28.8 Å². The maximum atomic E-state index is 12.2. The van der Waals surface area contributed by atoms with Crippen molar-refractivity contribution in [3.63, 3.8) is 0 Å². The van der Waals surface area contributed by atoms with Crippen LogP contribution in [0, 0.1) is 0 Å². The fourth-order valence-corrected chi connectivity index (χ4v) is 4.91. The summed E-state index contributed by atoms with van der Waals surface area (Å²) >= 11 is 0. The van der Waals surface area contributed by atoms with Gasteiger partial charge in [0.25, 0.3) is 0 Å². The summed E-state index contributed by atoms with van der Waals surface area (Å²) in [6.45, 7) is 0.635. The molecule has 0 rings (SSSR count). The number of rotatable bonds is 39. The van der Waals surface area contributed by atoms with E-state index in [9.17, 15) is 43.5 Å². The summed E-state index contributed by atoms with van der Waals surface area (Å²) in [4.78, 5) is 91.3. The molecule has 0 bridgehead atoms. The minimum atomic E-state index is -1.26. The Labute approximate surface area is 322 Å². The Bertz CT molecular complexity index is 1120. The first-order valence-electron chi connectivity index (χ1n) is 18.9. The van der Waals surface area contributed by atoms with E-state index in [0.29, 0.717) is 6.42 Å². The van der Waals surface area contributed by atoms with Crippen LogP contribution in [-0.4, -0.2) is 141 Å². The first-order valence-corrected chi connectivity index (χ1v) is 18.9. The Hall–Kier alpha value is -4.20. The van der Waals surface area contributed by atoms with Crippen molar-refractivity contribution < 1.29 is 72.6 Å². The van der Waals surface area contributed by atoms with Crippen LogP contribution in [0.4, 0.5) is 0 Å². The van der Waals surface area contributed by atoms with Gasteiger partial charge in [0.05, 0.1) is 39.6 Å². The number of carboxylic acids is 3. The highest BCUT2D eigenvalue weighted by molar-refractivity contribution is 5.85. The first kappa shape index (κ1) is 50.8. The molecule has 0 aliphatic rings. The van der Waals surface area contributed by atoms with Gasteiger partial charge < -0.3 is 55.5 Å². The van der Waals surface area contributed by atoms with Gasteiger partial charge in [-0.25, -0.2) is 9.59 Å². The zero-order valence-electron chi connectivity index (χ0n) is 31.8. The molecule has 4 amide bonds. The molecule has 0 aliphatic heterocycles. The van der Waals surface area contributed by atoms with Crippen LogP contribution in [0.5, 0.6) is 0 Å². The van der Waals surface area contributed by atoms with Crippen molar-refractivity contribution in [1.82, 2.24) is 21.3 Å². The van der Waals surface area contributed by atoms with E-state index in [1.807, 2.05) is 0 Å². The zero-order valence-corrected chi connectivity index (χ0v) is 31.8. The Morgan fingerprint density at radius 3 is 1.42 bits per heavy atom. The molecular weight excluding hydrogens is 728 g/mol. The average Bonchev–Trinajstić information content (AvgIpc) is 3.13. The Morgan fingerprint density at radius 2 is 0.909 bits per heavy atom. The summed E-state index contributed by atoms with van der Waals surface area (Å²) in [5, 5.41) is 37.0. The van der Waals surface area contributed by atoms with Gasteiger partial charge in [-0.05, 0) is 25.7 Å². The third-order valence-corrected chi connectivity index (χ3v) is 7.85. The highest BCUT2D eigenvalue weighted by Gasteiger charge is 2.21. The van der Waals surface area contributed by atoms with Crippen molar-refractivity contribution in [2.75, 3.05) is 65.9 Å². The van der Waals surface area contributed by atoms with E-state index in [1.54, 1.807) is 6.29 Å². The average molecular weight is 790 g/mol. The standard InChI is InChI=1S/C36H61N4O15/c41-19-11-12-28(35(48)49)40-33(45)27-55-25-23-53-21-18-38-32(44)26-54-24-22-52-20-17-37-30(42)16-15-29(36(50)51)39-31(43)13-9-7-5-3-1-2-4-6-8-10-14-34(46)47/h28-29H,1-18,20-27H2,(H,37,42)(H,38,44)(H,39,43)(H,40,45)(H,46,47)(H,48,49)(H,50,51)/t28-,29-/m0/s1. The monoisotopic (exact) mass is 789 g/mol. The maximum absolute atomic E-state index is 12.2. The maximum Gasteiger partial charge on any atom is 0.326 e. The normalized spacial score (nSPS) is 11.9. The van der Waals surface area contributed by atoms with Crippen molar-refractivity contribution in [3.8, 4) is 0 Å². The molecule has 1 radical (unpaired) electrons. The van der Waals surface area contributed by atoms with Crippen LogP contribution < -0.4 is 21.3 Å². The fraction of sp³-hybridized carbons (Fsp3) is 0.778. The summed E-state index contributed by atoms with van der Waals surface area (Å²) < 4.78 is 21.0. The lowest BCUT2D eigenvalue weighted by molar-refractivity contribution is -0.143. The molecule has 0 aliphatic carbocycles. The van der Waals surface area contributed by atoms with E-state index < -0.39 is 35.9 Å². The lowest BCUT2D eigenvalue weighted by atomic mass is 10.0. The zero-order chi connectivity index (χ0) is 40.9. The van der Waals surface area contributed by atoms with Crippen molar-refractivity contribution in [3.05, 3.63) is 0 Å². The highest BCUT2D eigenvalue weighted by atomic mass is 16.5. The molecule has 315 valence electrons. The number of carbonyl (C=O) groups excluding carboxylic acids is 5. The van der Waals surface area contributed by atoms with Gasteiger partial charge in [-0.1, -0.05) is 51.4 Å². The van der Waals surface area contributed by atoms with Crippen LogP contribution in [0.1, 0.15) is 103 Å². The van der Waals surface area contributed by atoms with Gasteiger partial charge in [0.15, 0.2) is 6.29 Å². The lowest BCUT2D eigenvalue weighted by Crippen LogP contribution is -2.42. The molecule has 0 saturated carbocycles.